The van der Waals surface area contributed by atoms with Gasteiger partial charge in [0.1, 0.15) is 5.75 Å². The maximum Gasteiger partial charge on any atom is 0.257 e. The number of rotatable bonds is 12. The maximum atomic E-state index is 12.8. The van der Waals surface area contributed by atoms with E-state index in [2.05, 4.69) is 39.6 Å². The quantitative estimate of drug-likeness (QED) is 0.313. The van der Waals surface area contributed by atoms with E-state index in [1.807, 2.05) is 11.4 Å². The van der Waals surface area contributed by atoms with Gasteiger partial charge in [0.2, 0.25) is 0 Å². The number of amides is 2. The Morgan fingerprint density at radius 1 is 1.16 bits per heavy atom. The number of anilines is 1. The molecule has 1 aromatic heterocycles. The lowest BCUT2D eigenvalue weighted by atomic mass is 10.0. The number of carbonyl (C=O) groups excluding carboxylic acids is 2. The zero-order chi connectivity index (χ0) is 26.9. The molecule has 8 nitrogen and oxygen atoms in total. The third-order valence-corrected chi connectivity index (χ3v) is 7.64. The fourth-order valence-corrected chi connectivity index (χ4v) is 5.41. The number of thiazole rings is 1. The van der Waals surface area contributed by atoms with Gasteiger partial charge in [0.25, 0.3) is 11.8 Å². The van der Waals surface area contributed by atoms with Crippen molar-refractivity contribution in [3.63, 3.8) is 0 Å². The van der Waals surface area contributed by atoms with Crippen molar-refractivity contribution >= 4 is 28.3 Å². The van der Waals surface area contributed by atoms with Crippen LogP contribution in [0.3, 0.4) is 0 Å². The van der Waals surface area contributed by atoms with Crippen LogP contribution in [-0.4, -0.2) is 66.2 Å². The van der Waals surface area contributed by atoms with Crippen molar-refractivity contribution in [1.82, 2.24) is 15.2 Å². The van der Waals surface area contributed by atoms with E-state index in [-0.39, 0.29) is 24.5 Å². The van der Waals surface area contributed by atoms with Gasteiger partial charge in [-0.25, -0.2) is 4.98 Å². The number of nitrogens with zero attached hydrogens (tertiary/aromatic N) is 2. The van der Waals surface area contributed by atoms with Gasteiger partial charge >= 0.3 is 0 Å². The van der Waals surface area contributed by atoms with Gasteiger partial charge < -0.3 is 15.2 Å². The zero-order valence-corrected chi connectivity index (χ0v) is 22.9. The number of aliphatic hydroxyl groups is 1. The number of likely N-dealkylation sites (tertiary alicyclic amines) is 1. The molecule has 2 amide bonds. The van der Waals surface area contributed by atoms with E-state index < -0.39 is 0 Å². The molecule has 0 saturated carbocycles. The molecule has 3 aromatic rings. The first-order valence-electron chi connectivity index (χ1n) is 13.2. The molecule has 4 rings (SSSR count). The molecule has 0 unspecified atom stereocenters. The third kappa shape index (κ3) is 6.98. The summed E-state index contributed by atoms with van der Waals surface area (Å²) in [5, 5.41) is 17.6. The molecule has 1 saturated heterocycles. The summed E-state index contributed by atoms with van der Waals surface area (Å²) in [5.41, 5.74) is 3.83. The van der Waals surface area contributed by atoms with Crippen molar-refractivity contribution in [3.8, 4) is 17.0 Å². The lowest BCUT2D eigenvalue weighted by Gasteiger charge is -2.22. The Morgan fingerprint density at radius 2 is 1.92 bits per heavy atom. The van der Waals surface area contributed by atoms with Gasteiger partial charge in [-0.2, -0.15) is 0 Å². The van der Waals surface area contributed by atoms with Gasteiger partial charge in [-0.1, -0.05) is 19.4 Å². The average Bonchev–Trinajstić information content (AvgIpc) is 3.61. The maximum absolute atomic E-state index is 12.8. The highest BCUT2D eigenvalue weighted by molar-refractivity contribution is 7.14. The highest BCUT2D eigenvalue weighted by Crippen LogP contribution is 2.33. The molecule has 9 heteroatoms. The minimum absolute atomic E-state index is 0.153. The third-order valence-electron chi connectivity index (χ3n) is 6.89. The van der Waals surface area contributed by atoms with E-state index in [1.165, 1.54) is 16.9 Å². The average molecular weight is 537 g/mol. The smallest absolute Gasteiger partial charge is 0.257 e. The summed E-state index contributed by atoms with van der Waals surface area (Å²) >= 11 is 1.36. The SMILES string of the molecule is CCCCc1ccc(OC)c(-c2csc(NC(=O)c3ccc(C(=O)NCCN4CCC[C@@H]4CO)cc3)n2)c1. The number of unbranched alkanes of at least 4 members (excludes halogenated alkanes) is 1. The molecule has 0 spiro atoms. The van der Waals surface area contributed by atoms with E-state index >= 15 is 0 Å². The first kappa shape index (κ1) is 27.8. The molecule has 38 heavy (non-hydrogen) atoms. The number of aliphatic hydroxyl groups excluding tert-OH is 1. The molecule has 1 aliphatic heterocycles. The summed E-state index contributed by atoms with van der Waals surface area (Å²) < 4.78 is 5.54. The molecule has 1 aliphatic rings. The number of nitrogens with one attached hydrogen (secondary N) is 2. The second-order valence-electron chi connectivity index (χ2n) is 9.48. The standard InChI is InChI=1S/C29H36N4O4S/c1-3-4-6-20-8-13-26(37-2)24(17-20)25-19-38-29(31-25)32-28(36)22-11-9-21(10-12-22)27(35)30-14-16-33-15-5-7-23(33)18-34/h8-13,17,19,23,34H,3-7,14-16,18H2,1-2H3,(H,30,35)(H,31,32,36)/t23-/m1/s1. The number of carbonyl (C=O) groups is 2. The summed E-state index contributed by atoms with van der Waals surface area (Å²) in [6, 6.07) is 12.9. The van der Waals surface area contributed by atoms with Crippen molar-refractivity contribution in [3.05, 3.63) is 64.5 Å². The second-order valence-corrected chi connectivity index (χ2v) is 10.3. The highest BCUT2D eigenvalue weighted by Gasteiger charge is 2.23. The molecule has 1 fully saturated rings. The Bertz CT molecular complexity index is 1230. The summed E-state index contributed by atoms with van der Waals surface area (Å²) in [6.45, 7) is 4.50. The van der Waals surface area contributed by atoms with Crippen LogP contribution in [0.1, 0.15) is 58.9 Å². The normalized spacial score (nSPS) is 15.4. The molecule has 2 aromatic carbocycles. The molecule has 0 radical (unpaired) electrons. The van der Waals surface area contributed by atoms with E-state index in [0.29, 0.717) is 29.3 Å². The van der Waals surface area contributed by atoms with Crippen molar-refractivity contribution < 1.29 is 19.4 Å². The first-order chi connectivity index (χ1) is 18.5. The lowest BCUT2D eigenvalue weighted by molar-refractivity contribution is 0.0941. The summed E-state index contributed by atoms with van der Waals surface area (Å²) in [5.74, 6) is 0.276. The lowest BCUT2D eigenvalue weighted by Crippen LogP contribution is -2.39. The number of ether oxygens (including phenoxy) is 1. The van der Waals surface area contributed by atoms with Gasteiger partial charge in [-0.15, -0.1) is 11.3 Å². The molecule has 0 aliphatic carbocycles. The van der Waals surface area contributed by atoms with Crippen LogP contribution in [0.5, 0.6) is 5.75 Å². The molecular formula is C29H36N4O4S. The molecule has 3 N–H and O–H groups in total. The molecular weight excluding hydrogens is 500 g/mol. The van der Waals surface area contributed by atoms with Crippen LogP contribution in [-0.2, 0) is 6.42 Å². The highest BCUT2D eigenvalue weighted by atomic mass is 32.1. The number of aromatic nitrogens is 1. The topological polar surface area (TPSA) is 104 Å². The van der Waals surface area contributed by atoms with E-state index in [0.717, 1.165) is 55.7 Å². The van der Waals surface area contributed by atoms with Crippen molar-refractivity contribution in [2.75, 3.05) is 38.7 Å². The predicted octanol–water partition coefficient (Wildman–Crippen LogP) is 4.60. The fourth-order valence-electron chi connectivity index (χ4n) is 4.70. The van der Waals surface area contributed by atoms with E-state index in [1.54, 1.807) is 31.4 Å². The number of benzene rings is 2. The first-order valence-corrected chi connectivity index (χ1v) is 14.1. The molecule has 1 atom stereocenters. The van der Waals surface area contributed by atoms with E-state index in [9.17, 15) is 14.7 Å². The van der Waals surface area contributed by atoms with Crippen LogP contribution in [0.2, 0.25) is 0 Å². The number of methoxy groups -OCH3 is 1. The van der Waals surface area contributed by atoms with Gasteiger partial charge in [0, 0.05) is 41.2 Å². The van der Waals surface area contributed by atoms with Crippen LogP contribution in [0, 0.1) is 0 Å². The Morgan fingerprint density at radius 3 is 2.63 bits per heavy atom. The minimum atomic E-state index is -0.286. The number of aryl methyl sites for hydroxylation is 1. The summed E-state index contributed by atoms with van der Waals surface area (Å²) in [6.07, 6.45) is 5.32. The van der Waals surface area contributed by atoms with Crippen molar-refractivity contribution in [2.45, 2.75) is 45.1 Å². The van der Waals surface area contributed by atoms with Gasteiger partial charge in [0.15, 0.2) is 5.13 Å². The number of hydrogen-bond acceptors (Lipinski definition) is 7. The van der Waals surface area contributed by atoms with Crippen LogP contribution in [0.4, 0.5) is 5.13 Å². The summed E-state index contributed by atoms with van der Waals surface area (Å²) in [7, 11) is 1.64. The predicted molar refractivity (Wildman–Crippen MR) is 151 cm³/mol. The molecule has 202 valence electrons. The van der Waals surface area contributed by atoms with Crippen LogP contribution < -0.4 is 15.4 Å². The summed E-state index contributed by atoms with van der Waals surface area (Å²) in [4.78, 5) is 32.2. The Hall–Kier alpha value is -3.27. The van der Waals surface area contributed by atoms with Crippen LogP contribution in [0.25, 0.3) is 11.3 Å². The Balaban J connectivity index is 1.33. The molecule has 0 bridgehead atoms. The van der Waals surface area contributed by atoms with Crippen LogP contribution >= 0.6 is 11.3 Å². The zero-order valence-electron chi connectivity index (χ0n) is 22.0. The molecule has 2 heterocycles. The Kier molecular flexibility index (Phi) is 9.86. The Labute approximate surface area is 228 Å². The monoisotopic (exact) mass is 536 g/mol. The number of hydrogen-bond donors (Lipinski definition) is 3. The second kappa shape index (κ2) is 13.5. The van der Waals surface area contributed by atoms with Crippen molar-refractivity contribution in [2.24, 2.45) is 0 Å². The van der Waals surface area contributed by atoms with Gasteiger partial charge in [0.05, 0.1) is 19.4 Å². The van der Waals surface area contributed by atoms with Gasteiger partial charge in [-0.05, 0) is 74.2 Å². The largest absolute Gasteiger partial charge is 0.496 e. The fraction of sp³-hybridized carbons (Fsp3) is 0.414. The van der Waals surface area contributed by atoms with Crippen molar-refractivity contribution in [1.29, 1.82) is 0 Å². The minimum Gasteiger partial charge on any atom is -0.496 e. The van der Waals surface area contributed by atoms with E-state index in [4.69, 9.17) is 4.74 Å². The van der Waals surface area contributed by atoms with Gasteiger partial charge in [-0.3, -0.25) is 19.8 Å². The van der Waals surface area contributed by atoms with Crippen LogP contribution in [0.15, 0.2) is 47.8 Å².